The highest BCUT2D eigenvalue weighted by Crippen LogP contribution is 2.20. The van der Waals surface area contributed by atoms with Crippen molar-refractivity contribution in [2.45, 2.75) is 19.8 Å². The van der Waals surface area contributed by atoms with Crippen molar-refractivity contribution >= 4 is 5.69 Å². The van der Waals surface area contributed by atoms with Crippen molar-refractivity contribution in [1.29, 1.82) is 0 Å². The molecule has 2 aromatic rings. The Balaban J connectivity index is 2.31. The normalized spacial score (nSPS) is 10.2. The molecule has 88 valence electrons. The third-order valence-corrected chi connectivity index (χ3v) is 3.17. The van der Waals surface area contributed by atoms with E-state index in [0.29, 0.717) is 0 Å². The third-order valence-electron chi connectivity index (χ3n) is 3.17. The summed E-state index contributed by atoms with van der Waals surface area (Å²) in [6.07, 6.45) is 2.10. The lowest BCUT2D eigenvalue weighted by Gasteiger charge is -2.11. The van der Waals surface area contributed by atoms with E-state index in [4.69, 9.17) is 0 Å². The molecule has 0 saturated heterocycles. The summed E-state index contributed by atoms with van der Waals surface area (Å²) in [6, 6.07) is 17.2. The van der Waals surface area contributed by atoms with Crippen LogP contribution in [-0.2, 0) is 12.8 Å². The summed E-state index contributed by atoms with van der Waals surface area (Å²) in [5, 5.41) is 3.25. The van der Waals surface area contributed by atoms with E-state index in [9.17, 15) is 0 Å². The van der Waals surface area contributed by atoms with Crippen LogP contribution in [0.4, 0.5) is 5.69 Å². The Morgan fingerprint density at radius 1 is 0.824 bits per heavy atom. The first-order valence-electron chi connectivity index (χ1n) is 6.17. The molecule has 0 saturated carbocycles. The molecule has 0 unspecified atom stereocenters. The van der Waals surface area contributed by atoms with E-state index in [1.807, 2.05) is 7.05 Å². The predicted octanol–water partition coefficient (Wildman–Crippen LogP) is 3.88. The second-order valence-corrected chi connectivity index (χ2v) is 4.21. The largest absolute Gasteiger partial charge is 0.388 e. The van der Waals surface area contributed by atoms with Crippen LogP contribution in [-0.4, -0.2) is 7.05 Å². The highest BCUT2D eigenvalue weighted by atomic mass is 14.8. The van der Waals surface area contributed by atoms with Crippen molar-refractivity contribution in [2.75, 3.05) is 12.4 Å². The molecule has 1 heteroatoms. The van der Waals surface area contributed by atoms with Gasteiger partial charge in [0, 0.05) is 12.7 Å². The molecule has 1 N–H and O–H groups in total. The average Bonchev–Trinajstić information content (AvgIpc) is 2.40. The number of hydrogen-bond acceptors (Lipinski definition) is 1. The van der Waals surface area contributed by atoms with Crippen LogP contribution in [0.3, 0.4) is 0 Å². The van der Waals surface area contributed by atoms with E-state index < -0.39 is 0 Å². The lowest BCUT2D eigenvalue weighted by Crippen LogP contribution is -1.98. The Morgan fingerprint density at radius 3 is 2.06 bits per heavy atom. The van der Waals surface area contributed by atoms with Gasteiger partial charge < -0.3 is 5.32 Å². The van der Waals surface area contributed by atoms with E-state index in [1.165, 1.54) is 22.4 Å². The second-order valence-electron chi connectivity index (χ2n) is 4.21. The maximum Gasteiger partial charge on any atom is 0.0373 e. The van der Waals surface area contributed by atoms with Crippen LogP contribution in [0.5, 0.6) is 0 Å². The van der Waals surface area contributed by atoms with Crippen molar-refractivity contribution in [3.8, 4) is 0 Å². The second kappa shape index (κ2) is 5.53. The first-order chi connectivity index (χ1) is 8.35. The van der Waals surface area contributed by atoms with Crippen LogP contribution in [0.2, 0.25) is 0 Å². The highest BCUT2D eigenvalue weighted by Gasteiger charge is 2.04. The van der Waals surface area contributed by atoms with Gasteiger partial charge in [0.15, 0.2) is 0 Å². The summed E-state index contributed by atoms with van der Waals surface area (Å²) in [6.45, 7) is 2.21. The first-order valence-corrected chi connectivity index (χ1v) is 6.17. The number of hydrogen-bond donors (Lipinski definition) is 1. The predicted molar refractivity (Wildman–Crippen MR) is 74.6 cm³/mol. The Morgan fingerprint density at radius 2 is 1.41 bits per heavy atom. The zero-order valence-electron chi connectivity index (χ0n) is 10.5. The van der Waals surface area contributed by atoms with Gasteiger partial charge in [0.1, 0.15) is 0 Å². The van der Waals surface area contributed by atoms with Crippen molar-refractivity contribution < 1.29 is 0 Å². The molecule has 0 atom stereocenters. The monoisotopic (exact) mass is 225 g/mol. The molecule has 0 radical (unpaired) electrons. The van der Waals surface area contributed by atoms with Crippen molar-refractivity contribution in [1.82, 2.24) is 0 Å². The Bertz CT molecular complexity index is 443. The van der Waals surface area contributed by atoms with Gasteiger partial charge >= 0.3 is 0 Å². The Kier molecular flexibility index (Phi) is 3.81. The topological polar surface area (TPSA) is 12.0 Å². The average molecular weight is 225 g/mol. The first kappa shape index (κ1) is 11.7. The summed E-state index contributed by atoms with van der Waals surface area (Å²) in [5.41, 5.74) is 5.45. The Labute approximate surface area is 103 Å². The molecular formula is C16H19N. The lowest BCUT2D eigenvalue weighted by molar-refractivity contribution is 1.06. The maximum atomic E-state index is 3.25. The molecule has 0 spiro atoms. The fourth-order valence-electron chi connectivity index (χ4n) is 2.20. The minimum Gasteiger partial charge on any atom is -0.388 e. The number of rotatable bonds is 4. The molecule has 2 aromatic carbocycles. The number of para-hydroxylation sites is 1. The van der Waals surface area contributed by atoms with E-state index in [1.54, 1.807) is 0 Å². The van der Waals surface area contributed by atoms with Gasteiger partial charge in [-0.05, 0) is 35.6 Å². The summed E-state index contributed by atoms with van der Waals surface area (Å²) in [7, 11) is 1.98. The fourth-order valence-corrected chi connectivity index (χ4v) is 2.20. The van der Waals surface area contributed by atoms with Gasteiger partial charge in [0.2, 0.25) is 0 Å². The number of aryl methyl sites for hydroxylation is 1. The molecule has 0 aliphatic rings. The summed E-state index contributed by atoms with van der Waals surface area (Å²) >= 11 is 0. The molecule has 17 heavy (non-hydrogen) atoms. The lowest BCUT2D eigenvalue weighted by atomic mass is 9.97. The molecule has 0 aliphatic heterocycles. The quantitative estimate of drug-likeness (QED) is 0.832. The van der Waals surface area contributed by atoms with Gasteiger partial charge in [0.05, 0.1) is 0 Å². The molecule has 0 amide bonds. The molecular weight excluding hydrogens is 206 g/mol. The fraction of sp³-hybridized carbons (Fsp3) is 0.250. The van der Waals surface area contributed by atoms with E-state index in [-0.39, 0.29) is 0 Å². The zero-order valence-corrected chi connectivity index (χ0v) is 10.5. The SMILES string of the molecule is CCc1ccccc1Cc1ccccc1NC. The molecule has 0 bridgehead atoms. The summed E-state index contributed by atoms with van der Waals surface area (Å²) < 4.78 is 0. The standard InChI is InChI=1S/C16H19N/c1-3-13-8-4-5-9-14(13)12-15-10-6-7-11-16(15)17-2/h4-11,17H,3,12H2,1-2H3. The number of benzene rings is 2. The minimum atomic E-state index is 1.00. The summed E-state index contributed by atoms with van der Waals surface area (Å²) in [5.74, 6) is 0. The van der Waals surface area contributed by atoms with Crippen LogP contribution in [0.25, 0.3) is 0 Å². The zero-order chi connectivity index (χ0) is 12.1. The van der Waals surface area contributed by atoms with Crippen LogP contribution in [0.15, 0.2) is 48.5 Å². The molecule has 1 nitrogen and oxygen atoms in total. The molecule has 0 heterocycles. The van der Waals surface area contributed by atoms with Gasteiger partial charge in [-0.2, -0.15) is 0 Å². The van der Waals surface area contributed by atoms with Gasteiger partial charge in [0.25, 0.3) is 0 Å². The van der Waals surface area contributed by atoms with Crippen LogP contribution in [0.1, 0.15) is 23.6 Å². The minimum absolute atomic E-state index is 1.00. The van der Waals surface area contributed by atoms with Crippen LogP contribution < -0.4 is 5.32 Å². The third kappa shape index (κ3) is 2.68. The summed E-state index contributed by atoms with van der Waals surface area (Å²) in [4.78, 5) is 0. The van der Waals surface area contributed by atoms with Crippen molar-refractivity contribution in [3.05, 3.63) is 65.2 Å². The van der Waals surface area contributed by atoms with Crippen molar-refractivity contribution in [2.24, 2.45) is 0 Å². The smallest absolute Gasteiger partial charge is 0.0373 e. The Hall–Kier alpha value is -1.76. The molecule has 2 rings (SSSR count). The van der Waals surface area contributed by atoms with Crippen LogP contribution in [0, 0.1) is 0 Å². The maximum absolute atomic E-state index is 3.25. The number of nitrogens with one attached hydrogen (secondary N) is 1. The van der Waals surface area contributed by atoms with Gasteiger partial charge in [-0.15, -0.1) is 0 Å². The van der Waals surface area contributed by atoms with Crippen LogP contribution >= 0.6 is 0 Å². The van der Waals surface area contributed by atoms with E-state index in [2.05, 4.69) is 60.8 Å². The van der Waals surface area contributed by atoms with Crippen molar-refractivity contribution in [3.63, 3.8) is 0 Å². The van der Waals surface area contributed by atoms with Gasteiger partial charge in [-0.25, -0.2) is 0 Å². The highest BCUT2D eigenvalue weighted by molar-refractivity contribution is 5.52. The molecule has 0 fully saturated rings. The number of anilines is 1. The van der Waals surface area contributed by atoms with E-state index in [0.717, 1.165) is 12.8 Å². The molecule has 0 aliphatic carbocycles. The van der Waals surface area contributed by atoms with Gasteiger partial charge in [-0.1, -0.05) is 49.4 Å². The molecule has 0 aromatic heterocycles. The van der Waals surface area contributed by atoms with E-state index >= 15 is 0 Å². The van der Waals surface area contributed by atoms with Gasteiger partial charge in [-0.3, -0.25) is 0 Å².